The number of benzene rings is 1. The molecule has 1 N–H and O–H groups in total. The summed E-state index contributed by atoms with van der Waals surface area (Å²) in [5.74, 6) is -0.725. The summed E-state index contributed by atoms with van der Waals surface area (Å²) < 4.78 is 0. The summed E-state index contributed by atoms with van der Waals surface area (Å²) in [5, 5.41) is 18.6. The van der Waals surface area contributed by atoms with Crippen molar-refractivity contribution in [2.45, 2.75) is 13.3 Å². The first-order chi connectivity index (χ1) is 12.1. The van der Waals surface area contributed by atoms with Gasteiger partial charge in [0.2, 0.25) is 0 Å². The lowest BCUT2D eigenvalue weighted by Gasteiger charge is -2.37. The maximum absolute atomic E-state index is 11.3. The molecule has 1 aliphatic heterocycles. The van der Waals surface area contributed by atoms with Crippen molar-refractivity contribution in [3.63, 3.8) is 0 Å². The first kappa shape index (κ1) is 17.2. The van der Waals surface area contributed by atoms with Crippen molar-refractivity contribution in [1.29, 1.82) is 5.26 Å². The van der Waals surface area contributed by atoms with E-state index in [0.29, 0.717) is 11.1 Å². The molecule has 1 saturated heterocycles. The molecule has 3 rings (SSSR count). The van der Waals surface area contributed by atoms with E-state index in [1.165, 1.54) is 0 Å². The predicted octanol–water partition coefficient (Wildman–Crippen LogP) is 2.66. The van der Waals surface area contributed by atoms with Gasteiger partial charge in [0.1, 0.15) is 6.07 Å². The number of hydrogen-bond donors (Lipinski definition) is 1. The van der Waals surface area contributed by atoms with Gasteiger partial charge in [-0.2, -0.15) is 5.26 Å². The summed E-state index contributed by atoms with van der Waals surface area (Å²) in [4.78, 5) is 15.9. The van der Waals surface area contributed by atoms with Gasteiger partial charge in [0, 0.05) is 38.3 Å². The molecule has 1 aromatic carbocycles. The standard InChI is InChI=1S/C20H23N3O2/c1-15-6-7-16(12-18(15)20(24)25)14-22-8-10-23(11-9-22)19-5-3-2-4-17(19)13-21/h2-5,7,12,15H,6,8-11,14H2,1H3,(H,24,25). The monoisotopic (exact) mass is 337 g/mol. The fraction of sp³-hybridized carbons (Fsp3) is 0.400. The third-order valence-electron chi connectivity index (χ3n) is 5.00. The predicted molar refractivity (Wildman–Crippen MR) is 97.4 cm³/mol. The second-order valence-corrected chi connectivity index (χ2v) is 6.71. The van der Waals surface area contributed by atoms with Gasteiger partial charge in [0.15, 0.2) is 0 Å². The van der Waals surface area contributed by atoms with Crippen LogP contribution in [0.25, 0.3) is 0 Å². The van der Waals surface area contributed by atoms with E-state index in [9.17, 15) is 15.2 Å². The Hall–Kier alpha value is -2.58. The minimum Gasteiger partial charge on any atom is -0.478 e. The van der Waals surface area contributed by atoms with E-state index in [0.717, 1.165) is 50.4 Å². The summed E-state index contributed by atoms with van der Waals surface area (Å²) in [7, 11) is 0. The molecule has 0 radical (unpaired) electrons. The largest absolute Gasteiger partial charge is 0.478 e. The highest BCUT2D eigenvalue weighted by atomic mass is 16.4. The number of hydrogen-bond acceptors (Lipinski definition) is 4. The van der Waals surface area contributed by atoms with Crippen LogP contribution in [0.4, 0.5) is 5.69 Å². The zero-order valence-corrected chi connectivity index (χ0v) is 14.5. The SMILES string of the molecule is CC1CC=C(CN2CCN(c3ccccc3C#N)CC2)C=C1C(=O)O. The number of anilines is 1. The zero-order valence-electron chi connectivity index (χ0n) is 14.5. The van der Waals surface area contributed by atoms with Crippen molar-refractivity contribution in [1.82, 2.24) is 4.90 Å². The first-order valence-electron chi connectivity index (χ1n) is 8.69. The van der Waals surface area contributed by atoms with Crippen LogP contribution in [0, 0.1) is 17.2 Å². The first-order valence-corrected chi connectivity index (χ1v) is 8.69. The van der Waals surface area contributed by atoms with E-state index in [4.69, 9.17) is 0 Å². The Kier molecular flexibility index (Phi) is 5.20. The summed E-state index contributed by atoms with van der Waals surface area (Å²) in [6.45, 7) is 6.30. The number of carboxylic acid groups (broad SMARTS) is 1. The van der Waals surface area contributed by atoms with Crippen LogP contribution < -0.4 is 4.90 Å². The van der Waals surface area contributed by atoms with E-state index < -0.39 is 5.97 Å². The lowest BCUT2D eigenvalue weighted by atomic mass is 9.89. The van der Waals surface area contributed by atoms with Crippen molar-refractivity contribution >= 4 is 11.7 Å². The van der Waals surface area contributed by atoms with Gasteiger partial charge in [0.05, 0.1) is 11.3 Å². The smallest absolute Gasteiger partial charge is 0.331 e. The Morgan fingerprint density at radius 1 is 1.28 bits per heavy atom. The highest BCUT2D eigenvalue weighted by molar-refractivity contribution is 5.88. The van der Waals surface area contributed by atoms with Gasteiger partial charge >= 0.3 is 5.97 Å². The lowest BCUT2D eigenvalue weighted by molar-refractivity contribution is -0.133. The zero-order chi connectivity index (χ0) is 17.8. The molecular weight excluding hydrogens is 314 g/mol. The minimum atomic E-state index is -0.809. The van der Waals surface area contributed by atoms with E-state index in [2.05, 4.69) is 21.9 Å². The van der Waals surface area contributed by atoms with E-state index in [1.54, 1.807) is 0 Å². The van der Waals surface area contributed by atoms with Crippen molar-refractivity contribution in [2.75, 3.05) is 37.6 Å². The molecule has 2 aliphatic rings. The number of carboxylic acids is 1. The van der Waals surface area contributed by atoms with Crippen LogP contribution in [0.1, 0.15) is 18.9 Å². The summed E-state index contributed by atoms with van der Waals surface area (Å²) in [5.41, 5.74) is 3.33. The van der Waals surface area contributed by atoms with Gasteiger partial charge in [-0.15, -0.1) is 0 Å². The minimum absolute atomic E-state index is 0.0839. The summed E-state index contributed by atoms with van der Waals surface area (Å²) >= 11 is 0. The highest BCUT2D eigenvalue weighted by Gasteiger charge is 2.23. The maximum Gasteiger partial charge on any atom is 0.331 e. The Labute approximate surface area is 148 Å². The third-order valence-corrected chi connectivity index (χ3v) is 5.00. The van der Waals surface area contributed by atoms with Crippen LogP contribution in [0.2, 0.25) is 0 Å². The van der Waals surface area contributed by atoms with Gasteiger partial charge in [0.25, 0.3) is 0 Å². The molecule has 1 fully saturated rings. The molecule has 0 aromatic heterocycles. The molecule has 1 unspecified atom stereocenters. The van der Waals surface area contributed by atoms with Crippen molar-refractivity contribution < 1.29 is 9.90 Å². The van der Waals surface area contributed by atoms with Gasteiger partial charge in [-0.05, 0) is 36.1 Å². The molecule has 1 atom stereocenters. The van der Waals surface area contributed by atoms with Crippen molar-refractivity contribution in [3.8, 4) is 6.07 Å². The fourth-order valence-corrected chi connectivity index (χ4v) is 3.49. The molecular formula is C20H23N3O2. The van der Waals surface area contributed by atoms with Crippen LogP contribution in [0.3, 0.4) is 0 Å². The Morgan fingerprint density at radius 2 is 2.00 bits per heavy atom. The Bertz CT molecular complexity index is 752. The number of nitriles is 1. The van der Waals surface area contributed by atoms with Crippen LogP contribution in [-0.2, 0) is 4.79 Å². The number of piperazine rings is 1. The Morgan fingerprint density at radius 3 is 2.68 bits per heavy atom. The van der Waals surface area contributed by atoms with Crippen molar-refractivity contribution in [3.05, 3.63) is 53.1 Å². The molecule has 1 aromatic rings. The molecule has 0 bridgehead atoms. The molecule has 1 heterocycles. The summed E-state index contributed by atoms with van der Waals surface area (Å²) in [6, 6.07) is 9.97. The average Bonchev–Trinajstić information content (AvgIpc) is 2.63. The molecule has 0 amide bonds. The number of aliphatic carboxylic acids is 1. The number of allylic oxidation sites excluding steroid dienone is 1. The van der Waals surface area contributed by atoms with Crippen LogP contribution in [0.15, 0.2) is 47.6 Å². The quantitative estimate of drug-likeness (QED) is 0.915. The molecule has 0 spiro atoms. The summed E-state index contributed by atoms with van der Waals surface area (Å²) in [6.07, 6.45) is 4.80. The topological polar surface area (TPSA) is 67.6 Å². The second-order valence-electron chi connectivity index (χ2n) is 6.71. The highest BCUT2D eigenvalue weighted by Crippen LogP contribution is 2.25. The second kappa shape index (κ2) is 7.54. The number of carbonyl (C=O) groups is 1. The molecule has 130 valence electrons. The van der Waals surface area contributed by atoms with Crippen LogP contribution in [-0.4, -0.2) is 48.7 Å². The molecule has 25 heavy (non-hydrogen) atoms. The molecule has 1 aliphatic carbocycles. The lowest BCUT2D eigenvalue weighted by Crippen LogP contribution is -2.47. The van der Waals surface area contributed by atoms with Crippen molar-refractivity contribution in [2.24, 2.45) is 5.92 Å². The molecule has 0 saturated carbocycles. The Balaban J connectivity index is 1.60. The number of nitrogens with zero attached hydrogens (tertiary/aromatic N) is 3. The molecule has 5 heteroatoms. The van der Waals surface area contributed by atoms with E-state index in [1.807, 2.05) is 37.3 Å². The van der Waals surface area contributed by atoms with Crippen LogP contribution >= 0.6 is 0 Å². The normalized spacial score (nSPS) is 21.3. The molecule has 5 nitrogen and oxygen atoms in total. The average molecular weight is 337 g/mol. The number of para-hydroxylation sites is 1. The maximum atomic E-state index is 11.3. The van der Waals surface area contributed by atoms with Crippen LogP contribution in [0.5, 0.6) is 0 Å². The van der Waals surface area contributed by atoms with Gasteiger partial charge in [-0.3, -0.25) is 4.90 Å². The third kappa shape index (κ3) is 3.92. The van der Waals surface area contributed by atoms with Gasteiger partial charge in [-0.25, -0.2) is 4.79 Å². The van der Waals surface area contributed by atoms with E-state index >= 15 is 0 Å². The van der Waals surface area contributed by atoms with Gasteiger partial charge < -0.3 is 10.0 Å². The van der Waals surface area contributed by atoms with Gasteiger partial charge in [-0.1, -0.05) is 25.1 Å². The number of rotatable bonds is 4. The fourth-order valence-electron chi connectivity index (χ4n) is 3.49. The van der Waals surface area contributed by atoms with E-state index in [-0.39, 0.29) is 5.92 Å².